The maximum atomic E-state index is 5.91. The van der Waals surface area contributed by atoms with Crippen LogP contribution in [0.2, 0.25) is 0 Å². The van der Waals surface area contributed by atoms with Gasteiger partial charge in [-0.05, 0) is 68.4 Å². The Morgan fingerprint density at radius 3 is 2.54 bits per heavy atom. The van der Waals surface area contributed by atoms with E-state index >= 15 is 0 Å². The van der Waals surface area contributed by atoms with Crippen molar-refractivity contribution < 1.29 is 0 Å². The van der Waals surface area contributed by atoms with Crippen LogP contribution >= 0.6 is 0 Å². The lowest BCUT2D eigenvalue weighted by Crippen LogP contribution is -2.28. The zero-order valence-electron chi connectivity index (χ0n) is 14.6. The first-order valence-electron chi connectivity index (χ1n) is 8.32. The molecule has 6 heteroatoms. The van der Waals surface area contributed by atoms with Gasteiger partial charge in [0.05, 0.1) is 0 Å². The molecule has 2 aromatic heterocycles. The molecule has 0 radical (unpaired) electrons. The fourth-order valence-electron chi connectivity index (χ4n) is 3.80. The zero-order valence-corrected chi connectivity index (χ0v) is 14.6. The quantitative estimate of drug-likeness (QED) is 0.745. The van der Waals surface area contributed by atoms with Crippen molar-refractivity contribution in [2.24, 2.45) is 0 Å². The summed E-state index contributed by atoms with van der Waals surface area (Å²) in [4.78, 5) is 6.90. The highest BCUT2D eigenvalue weighted by molar-refractivity contribution is 5.79. The van der Waals surface area contributed by atoms with Gasteiger partial charge in [-0.25, -0.2) is 4.98 Å². The summed E-state index contributed by atoms with van der Waals surface area (Å²) in [6, 6.07) is 0. The molecule has 124 valence electrons. The highest BCUT2D eigenvalue weighted by atomic mass is 15.3. The summed E-state index contributed by atoms with van der Waals surface area (Å²) in [5.41, 5.74) is 14.8. The SMILES string of the molecule is Cc1c(C)c(C)c2c(c1C)CCCN2c1nccn2c(N)nnc12. The molecule has 2 N–H and O–H groups in total. The lowest BCUT2D eigenvalue weighted by atomic mass is 9.87. The average Bonchev–Trinajstić information content (AvgIpc) is 2.99. The summed E-state index contributed by atoms with van der Waals surface area (Å²) in [6.07, 6.45) is 5.77. The first kappa shape index (κ1) is 14.9. The van der Waals surface area contributed by atoms with Gasteiger partial charge in [0.1, 0.15) is 0 Å². The molecule has 6 nitrogen and oxygen atoms in total. The molecule has 1 aliphatic heterocycles. The maximum absolute atomic E-state index is 5.91. The maximum Gasteiger partial charge on any atom is 0.226 e. The van der Waals surface area contributed by atoms with E-state index in [1.165, 1.54) is 33.5 Å². The Balaban J connectivity index is 2.00. The van der Waals surface area contributed by atoms with E-state index in [1.807, 2.05) is 0 Å². The van der Waals surface area contributed by atoms with Crippen LogP contribution in [0.5, 0.6) is 0 Å². The second-order valence-corrected chi connectivity index (χ2v) is 6.59. The Morgan fingerprint density at radius 1 is 1.00 bits per heavy atom. The van der Waals surface area contributed by atoms with Gasteiger partial charge in [0.15, 0.2) is 5.82 Å². The van der Waals surface area contributed by atoms with Crippen molar-refractivity contribution in [1.29, 1.82) is 0 Å². The van der Waals surface area contributed by atoms with Gasteiger partial charge in [-0.1, -0.05) is 0 Å². The van der Waals surface area contributed by atoms with Crippen molar-refractivity contribution in [3.05, 3.63) is 40.2 Å². The van der Waals surface area contributed by atoms with E-state index < -0.39 is 0 Å². The van der Waals surface area contributed by atoms with Gasteiger partial charge in [-0.3, -0.25) is 4.40 Å². The van der Waals surface area contributed by atoms with Crippen molar-refractivity contribution in [3.63, 3.8) is 0 Å². The third-order valence-corrected chi connectivity index (χ3v) is 5.45. The molecule has 24 heavy (non-hydrogen) atoms. The van der Waals surface area contributed by atoms with Crippen molar-refractivity contribution in [2.75, 3.05) is 17.2 Å². The second kappa shape index (κ2) is 5.19. The molecule has 3 aromatic rings. The lowest BCUT2D eigenvalue weighted by molar-refractivity contribution is 0.749. The number of nitrogen functional groups attached to an aromatic ring is 1. The average molecular weight is 322 g/mol. The minimum Gasteiger partial charge on any atom is -0.368 e. The zero-order chi connectivity index (χ0) is 17.0. The normalized spacial score (nSPS) is 14.2. The summed E-state index contributed by atoms with van der Waals surface area (Å²) in [5, 5.41) is 8.25. The first-order chi connectivity index (χ1) is 11.5. The highest BCUT2D eigenvalue weighted by Gasteiger charge is 2.27. The summed E-state index contributed by atoms with van der Waals surface area (Å²) >= 11 is 0. The fourth-order valence-corrected chi connectivity index (χ4v) is 3.80. The molecular formula is C18H22N6. The third-order valence-electron chi connectivity index (χ3n) is 5.45. The minimum atomic E-state index is 0.388. The molecule has 0 spiro atoms. The molecular weight excluding hydrogens is 300 g/mol. The van der Waals surface area contributed by atoms with Crippen LogP contribution in [0.3, 0.4) is 0 Å². The Morgan fingerprint density at radius 2 is 1.75 bits per heavy atom. The van der Waals surface area contributed by atoms with E-state index in [2.05, 4.69) is 47.8 Å². The summed E-state index contributed by atoms with van der Waals surface area (Å²) < 4.78 is 1.79. The Hall–Kier alpha value is -2.63. The van der Waals surface area contributed by atoms with Crippen LogP contribution in [0.4, 0.5) is 17.5 Å². The standard InChI is InChI=1S/C18H22N6/c1-10-11(2)13(4)15-14(12(10)3)6-5-8-23(15)16-17-21-22-18(19)24(17)9-7-20-16/h7,9H,5-6,8H2,1-4H3,(H2,19,22). The number of rotatable bonds is 1. The molecule has 0 atom stereocenters. The molecule has 0 saturated heterocycles. The summed E-state index contributed by atoms with van der Waals surface area (Å²) in [6.45, 7) is 9.78. The smallest absolute Gasteiger partial charge is 0.226 e. The molecule has 0 bridgehead atoms. The minimum absolute atomic E-state index is 0.388. The molecule has 1 aliphatic rings. The molecule has 0 amide bonds. The van der Waals surface area contributed by atoms with Crippen LogP contribution in [0.25, 0.3) is 5.65 Å². The second-order valence-electron chi connectivity index (χ2n) is 6.59. The Bertz CT molecular complexity index is 956. The number of aromatic nitrogens is 4. The van der Waals surface area contributed by atoms with Crippen LogP contribution in [-0.4, -0.2) is 26.1 Å². The van der Waals surface area contributed by atoms with Crippen LogP contribution in [0, 0.1) is 27.7 Å². The van der Waals surface area contributed by atoms with E-state index in [9.17, 15) is 0 Å². The van der Waals surface area contributed by atoms with E-state index in [-0.39, 0.29) is 0 Å². The summed E-state index contributed by atoms with van der Waals surface area (Å²) in [7, 11) is 0. The van der Waals surface area contributed by atoms with Crippen molar-refractivity contribution >= 4 is 23.1 Å². The third kappa shape index (κ3) is 1.92. The number of anilines is 3. The van der Waals surface area contributed by atoms with Gasteiger partial charge in [-0.2, -0.15) is 0 Å². The first-order valence-corrected chi connectivity index (χ1v) is 8.32. The molecule has 3 heterocycles. The van der Waals surface area contributed by atoms with E-state index in [4.69, 9.17) is 5.73 Å². The number of benzene rings is 1. The van der Waals surface area contributed by atoms with Crippen LogP contribution in [0.15, 0.2) is 12.4 Å². The van der Waals surface area contributed by atoms with E-state index in [1.54, 1.807) is 16.8 Å². The van der Waals surface area contributed by atoms with Gasteiger partial charge in [0.25, 0.3) is 0 Å². The fraction of sp³-hybridized carbons (Fsp3) is 0.389. The topological polar surface area (TPSA) is 72.3 Å². The number of hydrogen-bond donors (Lipinski definition) is 1. The van der Waals surface area contributed by atoms with Crippen LogP contribution in [-0.2, 0) is 6.42 Å². The lowest BCUT2D eigenvalue weighted by Gasteiger charge is -2.34. The van der Waals surface area contributed by atoms with Crippen LogP contribution < -0.4 is 10.6 Å². The van der Waals surface area contributed by atoms with E-state index in [0.29, 0.717) is 11.6 Å². The Labute approximate surface area is 141 Å². The molecule has 0 aliphatic carbocycles. The van der Waals surface area contributed by atoms with Crippen molar-refractivity contribution in [1.82, 2.24) is 19.6 Å². The number of nitrogens with two attached hydrogens (primary N) is 1. The van der Waals surface area contributed by atoms with Crippen LogP contribution in [0.1, 0.15) is 34.2 Å². The van der Waals surface area contributed by atoms with Gasteiger partial charge < -0.3 is 10.6 Å². The number of fused-ring (bicyclic) bond motifs is 2. The van der Waals surface area contributed by atoms with E-state index in [0.717, 1.165) is 25.2 Å². The molecule has 4 rings (SSSR count). The predicted molar refractivity (Wildman–Crippen MR) is 95.9 cm³/mol. The van der Waals surface area contributed by atoms with Gasteiger partial charge >= 0.3 is 0 Å². The molecule has 0 fully saturated rings. The molecule has 0 unspecified atom stereocenters. The predicted octanol–water partition coefficient (Wildman–Crippen LogP) is 3.02. The number of hydrogen-bond acceptors (Lipinski definition) is 5. The van der Waals surface area contributed by atoms with Gasteiger partial charge in [-0.15, -0.1) is 10.2 Å². The Kier molecular flexibility index (Phi) is 3.23. The van der Waals surface area contributed by atoms with Crippen molar-refractivity contribution in [2.45, 2.75) is 40.5 Å². The number of nitrogens with zero attached hydrogens (tertiary/aromatic N) is 5. The monoisotopic (exact) mass is 322 g/mol. The molecule has 0 saturated carbocycles. The summed E-state index contributed by atoms with van der Waals surface area (Å²) in [5.74, 6) is 1.22. The van der Waals surface area contributed by atoms with Crippen molar-refractivity contribution in [3.8, 4) is 0 Å². The largest absolute Gasteiger partial charge is 0.368 e. The highest BCUT2D eigenvalue weighted by Crippen LogP contribution is 2.41. The molecule has 1 aromatic carbocycles. The van der Waals surface area contributed by atoms with Gasteiger partial charge in [0, 0.05) is 24.6 Å². The van der Waals surface area contributed by atoms with Gasteiger partial charge in [0.2, 0.25) is 11.6 Å².